The van der Waals surface area contributed by atoms with Gasteiger partial charge in [0.05, 0.1) is 4.92 Å². The number of benzene rings is 1. The average molecular weight is 422 g/mol. The van der Waals surface area contributed by atoms with E-state index in [2.05, 4.69) is 27.1 Å². The molecule has 3 unspecified atom stereocenters. The molecule has 5 aliphatic rings. The standard InChI is InChI=1S/C23H27N5O3/c1-26-8-10-27(11-9-26)20-7-6-19(28(29)30)23(25-20)24-15-2-4-16(5-3-15)31-22-14-12-17-18(13-14)21(17)22/h2-7,14,17-18,21-22H,8-13H2,1H3,(H,24,25). The SMILES string of the molecule is CN1CCN(c2ccc([N+](=O)[O-])c(Nc3ccc(OC4C5CC6C(C5)C64)cc3)n2)CC1. The Bertz CT molecular complexity index is 991. The van der Waals surface area contributed by atoms with Gasteiger partial charge in [0, 0.05) is 43.9 Å². The Morgan fingerprint density at radius 1 is 1.06 bits per heavy atom. The van der Waals surface area contributed by atoms with Gasteiger partial charge in [-0.1, -0.05) is 0 Å². The van der Waals surface area contributed by atoms with Crippen LogP contribution in [0.25, 0.3) is 0 Å². The molecule has 1 saturated heterocycles. The van der Waals surface area contributed by atoms with Gasteiger partial charge in [0.25, 0.3) is 0 Å². The van der Waals surface area contributed by atoms with Crippen molar-refractivity contribution in [2.75, 3.05) is 43.4 Å². The van der Waals surface area contributed by atoms with Gasteiger partial charge in [-0.2, -0.15) is 0 Å². The van der Waals surface area contributed by atoms with Gasteiger partial charge in [-0.25, -0.2) is 4.98 Å². The molecular weight excluding hydrogens is 394 g/mol. The van der Waals surface area contributed by atoms with E-state index in [9.17, 15) is 10.1 Å². The van der Waals surface area contributed by atoms with Crippen LogP contribution in [0.4, 0.5) is 23.0 Å². The van der Waals surface area contributed by atoms with E-state index in [1.165, 1.54) is 12.8 Å². The summed E-state index contributed by atoms with van der Waals surface area (Å²) in [5.41, 5.74) is 0.738. The molecule has 8 nitrogen and oxygen atoms in total. The predicted octanol–water partition coefficient (Wildman–Crippen LogP) is 3.52. The topological polar surface area (TPSA) is 83.8 Å². The van der Waals surface area contributed by atoms with Gasteiger partial charge < -0.3 is 19.9 Å². The van der Waals surface area contributed by atoms with Crippen LogP contribution in [0.15, 0.2) is 36.4 Å². The van der Waals surface area contributed by atoms with Crippen LogP contribution in [0, 0.1) is 33.8 Å². The average Bonchev–Trinajstić information content (AvgIpc) is 3.08. The monoisotopic (exact) mass is 421 g/mol. The summed E-state index contributed by atoms with van der Waals surface area (Å²) in [6.45, 7) is 3.62. The molecule has 2 heterocycles. The molecule has 1 aromatic carbocycles. The van der Waals surface area contributed by atoms with Crippen LogP contribution in [0.2, 0.25) is 0 Å². The summed E-state index contributed by atoms with van der Waals surface area (Å²) in [6, 6.07) is 11.0. The molecule has 1 aliphatic heterocycles. The summed E-state index contributed by atoms with van der Waals surface area (Å²) in [6.07, 6.45) is 3.08. The molecule has 1 aromatic heterocycles. The van der Waals surface area contributed by atoms with E-state index < -0.39 is 4.92 Å². The van der Waals surface area contributed by atoms with Gasteiger partial charge in [-0.15, -0.1) is 0 Å². The van der Waals surface area contributed by atoms with Gasteiger partial charge in [-0.3, -0.25) is 10.1 Å². The molecule has 0 amide bonds. The molecule has 0 spiro atoms. The van der Waals surface area contributed by atoms with E-state index >= 15 is 0 Å². The second-order valence-corrected chi connectivity index (χ2v) is 9.45. The van der Waals surface area contributed by atoms with Gasteiger partial charge in [0.15, 0.2) is 0 Å². The van der Waals surface area contributed by atoms with Crippen molar-refractivity contribution in [1.82, 2.24) is 9.88 Å². The lowest BCUT2D eigenvalue weighted by atomic mass is 10.1. The van der Waals surface area contributed by atoms with Crippen LogP contribution in [-0.4, -0.2) is 54.1 Å². The van der Waals surface area contributed by atoms with E-state index in [1.807, 2.05) is 24.3 Å². The first-order valence-corrected chi connectivity index (χ1v) is 11.2. The summed E-state index contributed by atoms with van der Waals surface area (Å²) < 4.78 is 6.30. The highest BCUT2D eigenvalue weighted by atomic mass is 16.6. The fourth-order valence-corrected chi connectivity index (χ4v) is 5.98. The van der Waals surface area contributed by atoms with E-state index in [-0.39, 0.29) is 11.5 Å². The number of ether oxygens (including phenoxy) is 1. The molecular formula is C23H27N5O3. The van der Waals surface area contributed by atoms with Crippen LogP contribution in [0.1, 0.15) is 12.8 Å². The number of hydrogen-bond donors (Lipinski definition) is 1. The van der Waals surface area contributed by atoms with Crippen LogP contribution >= 0.6 is 0 Å². The Kier molecular flexibility index (Phi) is 4.31. The molecule has 5 fully saturated rings. The molecule has 1 N–H and O–H groups in total. The Labute approximate surface area is 181 Å². The Morgan fingerprint density at radius 2 is 1.77 bits per heavy atom. The zero-order valence-electron chi connectivity index (χ0n) is 17.6. The number of hydrogen-bond acceptors (Lipinski definition) is 7. The minimum absolute atomic E-state index is 0.0243. The van der Waals surface area contributed by atoms with Crippen molar-refractivity contribution in [3.05, 3.63) is 46.5 Å². The Hall–Kier alpha value is -2.87. The third-order valence-corrected chi connectivity index (χ3v) is 7.66. The molecule has 3 atom stereocenters. The molecule has 4 saturated carbocycles. The highest BCUT2D eigenvalue weighted by molar-refractivity contribution is 5.68. The third-order valence-electron chi connectivity index (χ3n) is 7.66. The maximum atomic E-state index is 11.5. The number of likely N-dealkylation sites (N-methyl/N-ethyl adjacent to an activating group) is 1. The number of aromatic nitrogens is 1. The van der Waals surface area contributed by atoms with Crippen LogP contribution in [-0.2, 0) is 0 Å². The fraction of sp³-hybridized carbons (Fsp3) is 0.522. The molecule has 7 rings (SSSR count). The van der Waals surface area contributed by atoms with Crippen molar-refractivity contribution in [1.29, 1.82) is 0 Å². The lowest BCUT2D eigenvalue weighted by Crippen LogP contribution is -2.44. The maximum absolute atomic E-state index is 11.5. The number of pyridine rings is 1. The first-order valence-electron chi connectivity index (χ1n) is 11.2. The van der Waals surface area contributed by atoms with Crippen molar-refractivity contribution in [3.63, 3.8) is 0 Å². The summed E-state index contributed by atoms with van der Waals surface area (Å²) >= 11 is 0. The number of piperazine rings is 1. The number of nitrogens with one attached hydrogen (secondary N) is 1. The minimum atomic E-state index is -0.390. The number of rotatable bonds is 6. The molecule has 162 valence electrons. The summed E-state index contributed by atoms with van der Waals surface area (Å²) in [5.74, 6) is 5.29. The molecule has 2 aromatic rings. The molecule has 4 bridgehead atoms. The minimum Gasteiger partial charge on any atom is -0.490 e. The molecule has 31 heavy (non-hydrogen) atoms. The second-order valence-electron chi connectivity index (χ2n) is 9.45. The number of nitrogens with zero attached hydrogens (tertiary/aromatic N) is 4. The first kappa shape index (κ1) is 18.9. The van der Waals surface area contributed by atoms with Crippen molar-refractivity contribution in [2.45, 2.75) is 18.9 Å². The van der Waals surface area contributed by atoms with E-state index in [1.54, 1.807) is 12.1 Å². The smallest absolute Gasteiger partial charge is 0.311 e. The summed E-state index contributed by atoms with van der Waals surface area (Å²) in [5, 5.41) is 14.7. The van der Waals surface area contributed by atoms with Crippen molar-refractivity contribution < 1.29 is 9.66 Å². The normalized spacial score (nSPS) is 31.0. The lowest BCUT2D eigenvalue weighted by molar-refractivity contribution is -0.384. The third kappa shape index (κ3) is 3.29. The largest absolute Gasteiger partial charge is 0.490 e. The van der Waals surface area contributed by atoms with Crippen molar-refractivity contribution >= 4 is 23.0 Å². The van der Waals surface area contributed by atoms with E-state index in [4.69, 9.17) is 4.74 Å². The van der Waals surface area contributed by atoms with Gasteiger partial charge in [0.2, 0.25) is 5.82 Å². The number of nitro groups is 1. The predicted molar refractivity (Wildman–Crippen MR) is 118 cm³/mol. The van der Waals surface area contributed by atoms with Crippen LogP contribution in [0.5, 0.6) is 5.75 Å². The van der Waals surface area contributed by atoms with E-state index in [0.717, 1.165) is 67.1 Å². The number of anilines is 3. The van der Waals surface area contributed by atoms with Crippen LogP contribution in [0.3, 0.4) is 0 Å². The summed E-state index contributed by atoms with van der Waals surface area (Å²) in [7, 11) is 2.10. The zero-order chi connectivity index (χ0) is 21.1. The highest BCUT2D eigenvalue weighted by Gasteiger charge is 2.69. The lowest BCUT2D eigenvalue weighted by Gasteiger charge is -2.33. The van der Waals surface area contributed by atoms with Crippen molar-refractivity contribution in [3.8, 4) is 5.75 Å². The van der Waals surface area contributed by atoms with Gasteiger partial charge in [-0.05, 0) is 68.0 Å². The Morgan fingerprint density at radius 3 is 2.39 bits per heavy atom. The van der Waals surface area contributed by atoms with Gasteiger partial charge >= 0.3 is 5.69 Å². The quantitative estimate of drug-likeness (QED) is 0.564. The van der Waals surface area contributed by atoms with Crippen molar-refractivity contribution in [2.24, 2.45) is 23.7 Å². The molecule has 0 radical (unpaired) electrons. The van der Waals surface area contributed by atoms with Crippen LogP contribution < -0.4 is 15.0 Å². The van der Waals surface area contributed by atoms with Gasteiger partial charge in [0.1, 0.15) is 17.7 Å². The Balaban J connectivity index is 1.18. The molecule has 8 heteroatoms. The first-order chi connectivity index (χ1) is 15.1. The zero-order valence-corrected chi connectivity index (χ0v) is 17.6. The fourth-order valence-electron chi connectivity index (χ4n) is 5.98. The molecule has 4 aliphatic carbocycles. The maximum Gasteiger partial charge on any atom is 0.311 e. The summed E-state index contributed by atoms with van der Waals surface area (Å²) in [4.78, 5) is 20.2. The van der Waals surface area contributed by atoms with E-state index in [0.29, 0.717) is 6.10 Å². The highest BCUT2D eigenvalue weighted by Crippen LogP contribution is 2.71. The second kappa shape index (κ2) is 7.09.